The normalized spacial score (nSPS) is 14.4. The maximum atomic E-state index is 15.0. The fraction of sp³-hybridized carbons (Fsp3) is 0.227. The predicted molar refractivity (Wildman–Crippen MR) is 106 cm³/mol. The van der Waals surface area contributed by atoms with Gasteiger partial charge in [-0.25, -0.2) is 0 Å². The van der Waals surface area contributed by atoms with E-state index >= 15 is 0 Å². The van der Waals surface area contributed by atoms with Gasteiger partial charge in [0.25, 0.3) is 0 Å². The van der Waals surface area contributed by atoms with Gasteiger partial charge in [-0.05, 0) is 0 Å². The van der Waals surface area contributed by atoms with E-state index in [9.17, 15) is 4.39 Å². The van der Waals surface area contributed by atoms with Crippen molar-refractivity contribution in [1.82, 2.24) is 0 Å². The van der Waals surface area contributed by atoms with Gasteiger partial charge in [0.15, 0.2) is 0 Å². The van der Waals surface area contributed by atoms with Crippen molar-refractivity contribution in [3.8, 4) is 22.4 Å². The third kappa shape index (κ3) is 3.69. The quantitative estimate of drug-likeness (QED) is 0.438. The van der Waals surface area contributed by atoms with Crippen molar-refractivity contribution in [1.29, 1.82) is 0 Å². The Kier molecular flexibility index (Phi) is 3.36. The Labute approximate surface area is 159 Å². The second-order valence-electron chi connectivity index (χ2n) is 7.31. The maximum absolute atomic E-state index is 15.0. The van der Waals surface area contributed by atoms with Gasteiger partial charge in [-0.3, -0.25) is 0 Å². The van der Waals surface area contributed by atoms with E-state index in [-0.39, 0.29) is 11.1 Å². The molecule has 0 saturated heterocycles. The van der Waals surface area contributed by atoms with Crippen molar-refractivity contribution in [3.05, 3.63) is 72.1 Å². The van der Waals surface area contributed by atoms with E-state index in [1.54, 1.807) is 6.07 Å². The van der Waals surface area contributed by atoms with E-state index in [0.717, 1.165) is 16.8 Å². The summed E-state index contributed by atoms with van der Waals surface area (Å²) in [6, 6.07) is 4.99. The third-order valence-corrected chi connectivity index (χ3v) is 8.66. The van der Waals surface area contributed by atoms with Crippen LogP contribution in [0.2, 0.25) is 17.3 Å². The number of benzene rings is 2. The monoisotopic (exact) mass is 401 g/mol. The molecule has 0 radical (unpaired) electrons. The molecule has 25 heavy (non-hydrogen) atoms. The number of nitrogens with zero attached hydrogens (tertiary/aromatic N) is 1. The van der Waals surface area contributed by atoms with E-state index in [1.165, 1.54) is 10.5 Å². The van der Waals surface area contributed by atoms with Gasteiger partial charge in [0.05, 0.1) is 0 Å². The van der Waals surface area contributed by atoms with Crippen molar-refractivity contribution in [2.75, 3.05) is 0 Å². The van der Waals surface area contributed by atoms with Crippen LogP contribution in [0.25, 0.3) is 22.4 Å². The van der Waals surface area contributed by atoms with Crippen molar-refractivity contribution in [2.45, 2.75) is 24.2 Å². The number of hydrogen-bond donors (Lipinski definition) is 0. The summed E-state index contributed by atoms with van der Waals surface area (Å²) < 4.78 is 58.3. The molecule has 128 valence electrons. The molecular formula is C22H25FGeN+. The van der Waals surface area contributed by atoms with E-state index in [4.69, 9.17) is 6.85 Å². The van der Waals surface area contributed by atoms with Gasteiger partial charge < -0.3 is 0 Å². The van der Waals surface area contributed by atoms with Crippen LogP contribution in [0.5, 0.6) is 0 Å². The number of pyridine rings is 1. The molecule has 3 rings (SSSR count). The first-order chi connectivity index (χ1) is 13.8. The van der Waals surface area contributed by atoms with Crippen molar-refractivity contribution in [3.63, 3.8) is 0 Å². The zero-order chi connectivity index (χ0) is 22.5. The first kappa shape index (κ1) is 12.4. The predicted octanol–water partition coefficient (Wildman–Crippen LogP) is 4.84. The Bertz CT molecular complexity index is 1140. The van der Waals surface area contributed by atoms with Crippen LogP contribution in [0.15, 0.2) is 60.7 Å². The first-order valence-electron chi connectivity index (χ1n) is 10.7. The Morgan fingerprint density at radius 3 is 2.32 bits per heavy atom. The van der Waals surface area contributed by atoms with Crippen LogP contribution >= 0.6 is 0 Å². The molecule has 2 aromatic carbocycles. The van der Waals surface area contributed by atoms with E-state index in [2.05, 4.69) is 29.4 Å². The SMILES string of the molecule is [2H]c1c([2H])c([2H])c(-c2cc(-c3c[c]([Ge]([CH3])([CH3])[CH3])cc[n+]3C)c(C)cc2F)c([2H])c1[2H]. The number of aryl methyl sites for hydroxylation is 2. The molecule has 0 fully saturated rings. The Morgan fingerprint density at radius 1 is 1.00 bits per heavy atom. The average Bonchev–Trinajstić information content (AvgIpc) is 2.66. The molecule has 0 bridgehead atoms. The Morgan fingerprint density at radius 2 is 1.68 bits per heavy atom. The summed E-state index contributed by atoms with van der Waals surface area (Å²) in [5.74, 6) is 6.29. The topological polar surface area (TPSA) is 3.88 Å². The van der Waals surface area contributed by atoms with Crippen LogP contribution in [-0.2, 0) is 7.05 Å². The molecule has 0 saturated carbocycles. The summed E-state index contributed by atoms with van der Waals surface area (Å²) in [7, 11) is 1.92. The fourth-order valence-corrected chi connectivity index (χ4v) is 5.23. The summed E-state index contributed by atoms with van der Waals surface area (Å²) in [5, 5.41) is 0. The van der Waals surface area contributed by atoms with Crippen molar-refractivity contribution < 1.29 is 15.8 Å². The van der Waals surface area contributed by atoms with Gasteiger partial charge in [0, 0.05) is 0 Å². The molecule has 0 aliphatic carbocycles. The fourth-order valence-electron chi connectivity index (χ4n) is 2.83. The molecule has 1 nitrogen and oxygen atoms in total. The molecule has 0 aliphatic rings. The van der Waals surface area contributed by atoms with E-state index < -0.39 is 49.3 Å². The van der Waals surface area contributed by atoms with Gasteiger partial charge in [-0.2, -0.15) is 0 Å². The molecule has 0 N–H and O–H groups in total. The summed E-state index contributed by atoms with van der Waals surface area (Å²) in [6.45, 7) is 1.81. The van der Waals surface area contributed by atoms with Crippen LogP contribution in [0, 0.1) is 12.7 Å². The minimum atomic E-state index is -2.11. The number of aromatic nitrogens is 1. The zero-order valence-electron chi connectivity index (χ0n) is 20.2. The van der Waals surface area contributed by atoms with Crippen LogP contribution in [-0.4, -0.2) is 13.3 Å². The van der Waals surface area contributed by atoms with Crippen molar-refractivity contribution >= 4 is 17.7 Å². The summed E-state index contributed by atoms with van der Waals surface area (Å²) >= 11 is -2.11. The Balaban J connectivity index is 2.34. The average molecular weight is 400 g/mol. The van der Waals surface area contributed by atoms with Crippen molar-refractivity contribution in [2.24, 2.45) is 7.05 Å². The molecular weight excluding hydrogens is 370 g/mol. The van der Waals surface area contributed by atoms with Gasteiger partial charge in [0.2, 0.25) is 0 Å². The zero-order valence-corrected chi connectivity index (χ0v) is 17.3. The summed E-state index contributed by atoms with van der Waals surface area (Å²) in [6.07, 6.45) is 1.99. The Hall–Kier alpha value is -1.94. The van der Waals surface area contributed by atoms with Crippen LogP contribution in [0.3, 0.4) is 0 Å². The number of hydrogen-bond acceptors (Lipinski definition) is 0. The molecule has 3 aromatic rings. The second kappa shape index (κ2) is 6.76. The summed E-state index contributed by atoms with van der Waals surface area (Å²) in [5.41, 5.74) is 2.29. The van der Waals surface area contributed by atoms with E-state index in [1.807, 2.05) is 24.7 Å². The minimum absolute atomic E-state index is 0.00953. The molecule has 1 aromatic heterocycles. The third-order valence-electron chi connectivity index (χ3n) is 4.38. The molecule has 3 heteroatoms. The van der Waals surface area contributed by atoms with Gasteiger partial charge in [0.1, 0.15) is 0 Å². The van der Waals surface area contributed by atoms with Crippen LogP contribution < -0.4 is 8.96 Å². The molecule has 0 atom stereocenters. The second-order valence-corrected chi connectivity index (χ2v) is 18.0. The molecule has 0 unspecified atom stereocenters. The van der Waals surface area contributed by atoms with E-state index in [0.29, 0.717) is 0 Å². The standard InChI is InChI=1S/C22H25FGeN/c1-16-13-21(23)20(17-9-7-6-8-10-17)15-19(16)22-14-18(24(2,3)4)11-12-25(22)5/h6-15H,1-5H3/q+1/i6D,7D,8D,9D,10D. The molecule has 0 spiro atoms. The van der Waals surface area contributed by atoms with Gasteiger partial charge >= 0.3 is 159 Å². The molecule has 1 heterocycles. The number of halogens is 1. The van der Waals surface area contributed by atoms with Crippen LogP contribution in [0.4, 0.5) is 4.39 Å². The van der Waals surface area contributed by atoms with Crippen LogP contribution in [0.1, 0.15) is 12.4 Å². The first-order valence-corrected chi connectivity index (χ1v) is 15.6. The number of rotatable bonds is 3. The van der Waals surface area contributed by atoms with Gasteiger partial charge in [-0.1, -0.05) is 0 Å². The van der Waals surface area contributed by atoms with Gasteiger partial charge in [-0.15, -0.1) is 0 Å². The molecule has 0 amide bonds. The summed E-state index contributed by atoms with van der Waals surface area (Å²) in [4.78, 5) is 0. The molecule has 0 aliphatic heterocycles.